The summed E-state index contributed by atoms with van der Waals surface area (Å²) >= 11 is 0. The summed E-state index contributed by atoms with van der Waals surface area (Å²) in [5.74, 6) is -0.209. The summed E-state index contributed by atoms with van der Waals surface area (Å²) in [4.78, 5) is 29.3. The van der Waals surface area contributed by atoms with Crippen LogP contribution in [-0.2, 0) is 23.3 Å². The van der Waals surface area contributed by atoms with Crippen molar-refractivity contribution in [2.75, 3.05) is 0 Å². The van der Waals surface area contributed by atoms with Crippen LogP contribution in [0.4, 0.5) is 0 Å². The van der Waals surface area contributed by atoms with Crippen LogP contribution in [0.15, 0.2) is 36.4 Å². The summed E-state index contributed by atoms with van der Waals surface area (Å²) in [6.45, 7) is 8.92. The van der Waals surface area contributed by atoms with Gasteiger partial charge in [-0.3, -0.25) is 14.3 Å². The molecule has 178 valence electrons. The number of amides is 2. The maximum absolute atomic E-state index is 13.8. The van der Waals surface area contributed by atoms with Gasteiger partial charge >= 0.3 is 0 Å². The molecule has 33 heavy (non-hydrogen) atoms. The zero-order valence-electron chi connectivity index (χ0n) is 20.6. The second-order valence-electron chi connectivity index (χ2n) is 11.0. The van der Waals surface area contributed by atoms with Crippen LogP contribution in [0.2, 0.25) is 0 Å². The van der Waals surface area contributed by atoms with Crippen LogP contribution in [0.5, 0.6) is 0 Å². The van der Waals surface area contributed by atoms with Crippen LogP contribution in [0.25, 0.3) is 0 Å². The average molecular weight is 451 g/mol. The fraction of sp³-hybridized carbons (Fsp3) is 0.593. The third-order valence-corrected chi connectivity index (χ3v) is 7.18. The van der Waals surface area contributed by atoms with Crippen LogP contribution in [0.3, 0.4) is 0 Å². The van der Waals surface area contributed by atoms with Crippen molar-refractivity contribution >= 4 is 11.8 Å². The largest absolute Gasteiger partial charge is 0.351 e. The average Bonchev–Trinajstić information content (AvgIpc) is 3.18. The maximum Gasteiger partial charge on any atom is 0.273 e. The van der Waals surface area contributed by atoms with Gasteiger partial charge in [0.2, 0.25) is 5.91 Å². The van der Waals surface area contributed by atoms with Crippen molar-refractivity contribution in [1.82, 2.24) is 20.0 Å². The van der Waals surface area contributed by atoms with E-state index >= 15 is 0 Å². The summed E-state index contributed by atoms with van der Waals surface area (Å²) in [6, 6.07) is 12.0. The summed E-state index contributed by atoms with van der Waals surface area (Å²) in [5, 5.41) is 8.08. The minimum atomic E-state index is -1.01. The van der Waals surface area contributed by atoms with E-state index < -0.39 is 5.54 Å². The van der Waals surface area contributed by atoms with Gasteiger partial charge < -0.3 is 10.2 Å². The van der Waals surface area contributed by atoms with Gasteiger partial charge in [-0.15, -0.1) is 0 Å². The number of carbonyl (C=O) groups is 2. The lowest BCUT2D eigenvalue weighted by molar-refractivity contribution is -0.134. The standard InChI is InChI=1S/C27H38N4O2/c1-26(2,3)23-17-22-24(32)30(18-20-13-9-8-10-14-20)27(4,19-31(22)29-23)25(33)28-21-15-11-6-5-7-12-16-21/h8-10,13-14,17,21H,5-7,11-12,15-16,18-19H2,1-4H3,(H,28,33)/t27-/m0/s1. The van der Waals surface area contributed by atoms with E-state index in [-0.39, 0.29) is 23.3 Å². The molecule has 2 aromatic rings. The molecule has 0 radical (unpaired) electrons. The van der Waals surface area contributed by atoms with Crippen LogP contribution >= 0.6 is 0 Å². The van der Waals surface area contributed by atoms with Crippen molar-refractivity contribution in [1.29, 1.82) is 0 Å². The van der Waals surface area contributed by atoms with Crippen molar-refractivity contribution in [2.45, 2.75) is 103 Å². The molecule has 0 bridgehead atoms. The molecule has 1 aliphatic heterocycles. The highest BCUT2D eigenvalue weighted by Gasteiger charge is 2.48. The third-order valence-electron chi connectivity index (χ3n) is 7.18. The van der Waals surface area contributed by atoms with Gasteiger partial charge in [-0.25, -0.2) is 0 Å². The second kappa shape index (κ2) is 9.32. The maximum atomic E-state index is 13.8. The van der Waals surface area contributed by atoms with Gasteiger partial charge in [-0.05, 0) is 31.4 Å². The first-order valence-electron chi connectivity index (χ1n) is 12.4. The molecule has 1 N–H and O–H groups in total. The second-order valence-corrected chi connectivity index (χ2v) is 11.0. The molecular weight excluding hydrogens is 412 g/mol. The normalized spacial score (nSPS) is 22.4. The minimum absolute atomic E-state index is 0.0733. The Morgan fingerprint density at radius 1 is 1.09 bits per heavy atom. The zero-order valence-corrected chi connectivity index (χ0v) is 20.6. The topological polar surface area (TPSA) is 67.2 Å². The van der Waals surface area contributed by atoms with Gasteiger partial charge in [0, 0.05) is 18.0 Å². The van der Waals surface area contributed by atoms with Crippen LogP contribution in [-0.4, -0.2) is 38.1 Å². The van der Waals surface area contributed by atoms with E-state index in [9.17, 15) is 9.59 Å². The molecule has 0 unspecified atom stereocenters. The van der Waals surface area contributed by atoms with Crippen molar-refractivity contribution in [2.24, 2.45) is 0 Å². The van der Waals surface area contributed by atoms with E-state index in [1.807, 2.05) is 43.3 Å². The molecule has 0 spiro atoms. The Balaban J connectivity index is 1.66. The van der Waals surface area contributed by atoms with Crippen LogP contribution in [0.1, 0.15) is 94.4 Å². The predicted octanol–water partition coefficient (Wildman–Crippen LogP) is 4.82. The highest BCUT2D eigenvalue weighted by molar-refractivity contribution is 5.99. The number of rotatable bonds is 4. The summed E-state index contributed by atoms with van der Waals surface area (Å²) in [7, 11) is 0. The molecule has 6 heteroatoms. The Hall–Kier alpha value is -2.63. The molecule has 1 saturated carbocycles. The lowest BCUT2D eigenvalue weighted by Crippen LogP contribution is -2.64. The Kier molecular flexibility index (Phi) is 6.64. The summed E-state index contributed by atoms with van der Waals surface area (Å²) in [6.07, 6.45) is 8.06. The highest BCUT2D eigenvalue weighted by atomic mass is 16.2. The fourth-order valence-electron chi connectivity index (χ4n) is 4.96. The quantitative estimate of drug-likeness (QED) is 0.726. The molecule has 1 aromatic heterocycles. The van der Waals surface area contributed by atoms with Gasteiger partial charge in [-0.1, -0.05) is 83.2 Å². The molecule has 1 aliphatic carbocycles. The molecule has 0 saturated heterocycles. The van der Waals surface area contributed by atoms with Gasteiger partial charge in [0.25, 0.3) is 5.91 Å². The number of nitrogens with one attached hydrogen (secondary N) is 1. The van der Waals surface area contributed by atoms with E-state index in [1.165, 1.54) is 19.3 Å². The minimum Gasteiger partial charge on any atom is -0.351 e. The number of fused-ring (bicyclic) bond motifs is 1. The lowest BCUT2D eigenvalue weighted by Gasteiger charge is -2.44. The summed E-state index contributed by atoms with van der Waals surface area (Å²) in [5.41, 5.74) is 1.26. The van der Waals surface area contributed by atoms with Crippen molar-refractivity contribution in [3.05, 3.63) is 53.3 Å². The number of carbonyl (C=O) groups excluding carboxylic acids is 2. The fourth-order valence-corrected chi connectivity index (χ4v) is 4.96. The number of nitrogens with zero attached hydrogens (tertiary/aromatic N) is 3. The molecule has 2 heterocycles. The van der Waals surface area contributed by atoms with Crippen LogP contribution in [0, 0.1) is 0 Å². The van der Waals surface area contributed by atoms with E-state index in [0.29, 0.717) is 18.8 Å². The van der Waals surface area contributed by atoms with E-state index in [1.54, 1.807) is 9.58 Å². The molecule has 1 atom stereocenters. The molecule has 6 nitrogen and oxygen atoms in total. The first kappa shape index (κ1) is 23.5. The number of aromatic nitrogens is 2. The molecule has 2 aliphatic rings. The van der Waals surface area contributed by atoms with E-state index in [4.69, 9.17) is 5.10 Å². The number of benzene rings is 1. The van der Waals surface area contributed by atoms with Gasteiger partial charge in [0.05, 0.1) is 12.2 Å². The third kappa shape index (κ3) is 4.99. The molecule has 1 aromatic carbocycles. The van der Waals surface area contributed by atoms with Gasteiger partial charge in [0.15, 0.2) is 0 Å². The molecule has 1 fully saturated rings. The zero-order chi connectivity index (χ0) is 23.6. The SMILES string of the molecule is CC(C)(C)c1cc2n(n1)C[C@@](C)(C(=O)NC1CCCCCCC1)N(Cc1ccccc1)C2=O. The first-order valence-corrected chi connectivity index (χ1v) is 12.4. The van der Waals surface area contributed by atoms with Crippen molar-refractivity contribution in [3.63, 3.8) is 0 Å². The highest BCUT2D eigenvalue weighted by Crippen LogP contribution is 2.32. The van der Waals surface area contributed by atoms with E-state index in [0.717, 1.165) is 36.9 Å². The van der Waals surface area contributed by atoms with E-state index in [2.05, 4.69) is 26.1 Å². The lowest BCUT2D eigenvalue weighted by atomic mass is 9.91. The Morgan fingerprint density at radius 2 is 1.73 bits per heavy atom. The Labute approximate surface area is 197 Å². The van der Waals surface area contributed by atoms with Crippen LogP contribution < -0.4 is 5.32 Å². The Morgan fingerprint density at radius 3 is 2.36 bits per heavy atom. The summed E-state index contributed by atoms with van der Waals surface area (Å²) < 4.78 is 1.75. The molecule has 2 amide bonds. The van der Waals surface area contributed by atoms with Gasteiger partial charge in [-0.2, -0.15) is 5.10 Å². The number of hydrogen-bond donors (Lipinski definition) is 1. The predicted molar refractivity (Wildman–Crippen MR) is 130 cm³/mol. The molecule has 4 rings (SSSR count). The van der Waals surface area contributed by atoms with Gasteiger partial charge in [0.1, 0.15) is 11.2 Å². The number of hydrogen-bond acceptors (Lipinski definition) is 3. The first-order chi connectivity index (χ1) is 15.7. The van der Waals surface area contributed by atoms with Crippen molar-refractivity contribution < 1.29 is 9.59 Å². The smallest absolute Gasteiger partial charge is 0.273 e. The van der Waals surface area contributed by atoms with Crippen molar-refractivity contribution in [3.8, 4) is 0 Å². The molecular formula is C27H38N4O2. The monoisotopic (exact) mass is 450 g/mol. The Bertz CT molecular complexity index is 983.